The van der Waals surface area contributed by atoms with Crippen LogP contribution >= 0.6 is 11.3 Å². The Labute approximate surface area is 175 Å². The number of hydrogen-bond donors (Lipinski definition) is 0. The van der Waals surface area contributed by atoms with E-state index >= 15 is 0 Å². The summed E-state index contributed by atoms with van der Waals surface area (Å²) in [5.74, 6) is 1.26. The maximum atomic E-state index is 12.8. The van der Waals surface area contributed by atoms with Crippen LogP contribution in [-0.2, 0) is 4.74 Å². The third-order valence-electron chi connectivity index (χ3n) is 4.76. The van der Waals surface area contributed by atoms with Crippen molar-refractivity contribution in [1.29, 1.82) is 0 Å². The maximum Gasteiger partial charge on any atom is 0.273 e. The molecule has 29 heavy (non-hydrogen) atoms. The van der Waals surface area contributed by atoms with Gasteiger partial charge in [0.2, 0.25) is 0 Å². The summed E-state index contributed by atoms with van der Waals surface area (Å²) in [6, 6.07) is 5.64. The summed E-state index contributed by atoms with van der Waals surface area (Å²) in [5, 5.41) is 2.60. The van der Waals surface area contributed by atoms with Crippen LogP contribution in [0.15, 0.2) is 36.2 Å². The molecule has 3 rings (SSSR count). The van der Waals surface area contributed by atoms with Gasteiger partial charge in [-0.2, -0.15) is 0 Å². The highest BCUT2D eigenvalue weighted by Crippen LogP contribution is 2.34. The van der Waals surface area contributed by atoms with E-state index in [0.29, 0.717) is 43.5 Å². The van der Waals surface area contributed by atoms with Crippen molar-refractivity contribution in [3.8, 4) is 22.1 Å². The number of rotatable bonds is 9. The van der Waals surface area contributed by atoms with Crippen LogP contribution in [0.25, 0.3) is 10.6 Å². The number of hydrogen-bond acceptors (Lipinski definition) is 7. The van der Waals surface area contributed by atoms with Crippen LogP contribution in [0.2, 0.25) is 0 Å². The molecule has 1 aliphatic rings. The molecule has 0 unspecified atom stereocenters. The van der Waals surface area contributed by atoms with Crippen molar-refractivity contribution in [2.45, 2.75) is 0 Å². The second-order valence-corrected chi connectivity index (χ2v) is 7.49. The average Bonchev–Trinajstić information content (AvgIpc) is 3.26. The van der Waals surface area contributed by atoms with Gasteiger partial charge in [-0.25, -0.2) is 4.98 Å². The minimum atomic E-state index is -0.0169. The number of carbonyl (C=O) groups is 1. The molecule has 2 heterocycles. The van der Waals surface area contributed by atoms with E-state index in [0.717, 1.165) is 30.2 Å². The molecule has 1 aliphatic heterocycles. The predicted molar refractivity (Wildman–Crippen MR) is 114 cm³/mol. The Morgan fingerprint density at radius 2 is 2.03 bits per heavy atom. The fourth-order valence-electron chi connectivity index (χ4n) is 3.13. The standard InChI is InChI=1S/C21H27N3O4S/c1-4-12-28-18-6-5-16(14-19(18)27-3)20-22-17(15-29-20)21(25)24-9-7-23(8-10-24)11-13-26-2/h4-6,14-15H,1,7-13H2,2-3H3. The zero-order valence-electron chi connectivity index (χ0n) is 16.9. The lowest BCUT2D eigenvalue weighted by Crippen LogP contribution is -2.49. The average molecular weight is 418 g/mol. The fraction of sp³-hybridized carbons (Fsp3) is 0.429. The van der Waals surface area contributed by atoms with Gasteiger partial charge in [-0.05, 0) is 18.2 Å². The lowest BCUT2D eigenvalue weighted by atomic mass is 10.2. The largest absolute Gasteiger partial charge is 0.493 e. The van der Waals surface area contributed by atoms with Gasteiger partial charge in [-0.3, -0.25) is 9.69 Å². The number of thiazole rings is 1. The third kappa shape index (κ3) is 5.35. The van der Waals surface area contributed by atoms with Crippen LogP contribution in [-0.4, -0.2) is 80.8 Å². The van der Waals surface area contributed by atoms with Crippen molar-refractivity contribution in [2.24, 2.45) is 0 Å². The third-order valence-corrected chi connectivity index (χ3v) is 5.65. The number of benzene rings is 1. The summed E-state index contributed by atoms with van der Waals surface area (Å²) in [6.45, 7) is 8.80. The summed E-state index contributed by atoms with van der Waals surface area (Å²) in [4.78, 5) is 21.6. The number of amides is 1. The Bertz CT molecular complexity index is 831. The molecule has 1 amide bonds. The second kappa shape index (κ2) is 10.4. The number of piperazine rings is 1. The topological polar surface area (TPSA) is 64.1 Å². The van der Waals surface area contributed by atoms with E-state index in [9.17, 15) is 4.79 Å². The SMILES string of the molecule is C=CCOc1ccc(-c2nc(C(=O)N3CCN(CCOC)CC3)cs2)cc1OC. The van der Waals surface area contributed by atoms with Gasteiger partial charge in [0.25, 0.3) is 5.91 Å². The molecule has 0 saturated carbocycles. The summed E-state index contributed by atoms with van der Waals surface area (Å²) in [7, 11) is 3.31. The Kier molecular flexibility index (Phi) is 7.62. The predicted octanol–water partition coefficient (Wildman–Crippen LogP) is 2.79. The molecule has 156 valence electrons. The summed E-state index contributed by atoms with van der Waals surface area (Å²) >= 11 is 1.45. The molecule has 1 saturated heterocycles. The molecule has 0 aliphatic carbocycles. The summed E-state index contributed by atoms with van der Waals surface area (Å²) in [6.07, 6.45) is 1.68. The highest BCUT2D eigenvalue weighted by Gasteiger charge is 2.24. The first-order valence-electron chi connectivity index (χ1n) is 9.54. The van der Waals surface area contributed by atoms with Gasteiger partial charge < -0.3 is 19.1 Å². The molecule has 0 bridgehead atoms. The highest BCUT2D eigenvalue weighted by atomic mass is 32.1. The minimum Gasteiger partial charge on any atom is -0.493 e. The number of aromatic nitrogens is 1. The molecule has 8 heteroatoms. The Hall–Kier alpha value is -2.42. The zero-order valence-corrected chi connectivity index (χ0v) is 17.7. The van der Waals surface area contributed by atoms with Crippen LogP contribution in [0.5, 0.6) is 11.5 Å². The molecule has 0 radical (unpaired) electrons. The van der Waals surface area contributed by atoms with Gasteiger partial charge in [0.1, 0.15) is 17.3 Å². The van der Waals surface area contributed by atoms with E-state index < -0.39 is 0 Å². The smallest absolute Gasteiger partial charge is 0.273 e. The van der Waals surface area contributed by atoms with E-state index in [1.807, 2.05) is 28.5 Å². The van der Waals surface area contributed by atoms with Gasteiger partial charge in [-0.15, -0.1) is 11.3 Å². The lowest BCUT2D eigenvalue weighted by Gasteiger charge is -2.34. The summed E-state index contributed by atoms with van der Waals surface area (Å²) in [5.41, 5.74) is 1.38. The first-order valence-corrected chi connectivity index (χ1v) is 10.4. The Morgan fingerprint density at radius 3 is 2.72 bits per heavy atom. The molecule has 7 nitrogen and oxygen atoms in total. The number of nitrogens with zero attached hydrogens (tertiary/aromatic N) is 3. The van der Waals surface area contributed by atoms with Crippen molar-refractivity contribution in [3.05, 3.63) is 41.9 Å². The molecule has 1 aromatic carbocycles. The van der Waals surface area contributed by atoms with Gasteiger partial charge in [0.15, 0.2) is 11.5 Å². The van der Waals surface area contributed by atoms with E-state index in [2.05, 4.69) is 16.5 Å². The van der Waals surface area contributed by atoms with Crippen LogP contribution in [0.4, 0.5) is 0 Å². The minimum absolute atomic E-state index is 0.0169. The van der Waals surface area contributed by atoms with E-state index in [-0.39, 0.29) is 5.91 Å². The van der Waals surface area contributed by atoms with Crippen LogP contribution < -0.4 is 9.47 Å². The van der Waals surface area contributed by atoms with Crippen molar-refractivity contribution >= 4 is 17.2 Å². The second-order valence-electron chi connectivity index (χ2n) is 6.63. The molecule has 0 spiro atoms. The van der Waals surface area contributed by atoms with Crippen molar-refractivity contribution < 1.29 is 19.0 Å². The molecule has 0 atom stereocenters. The van der Waals surface area contributed by atoms with Crippen LogP contribution in [0.1, 0.15) is 10.5 Å². The van der Waals surface area contributed by atoms with Gasteiger partial charge >= 0.3 is 0 Å². The molecule has 0 N–H and O–H groups in total. The van der Waals surface area contributed by atoms with Gasteiger partial charge in [-0.1, -0.05) is 12.7 Å². The fourth-order valence-corrected chi connectivity index (χ4v) is 3.92. The van der Waals surface area contributed by atoms with Crippen molar-refractivity contribution in [2.75, 3.05) is 60.2 Å². The molecular formula is C21H27N3O4S. The maximum absolute atomic E-state index is 12.8. The van der Waals surface area contributed by atoms with E-state index in [1.165, 1.54) is 11.3 Å². The summed E-state index contributed by atoms with van der Waals surface area (Å²) < 4.78 is 16.1. The van der Waals surface area contributed by atoms with Crippen LogP contribution in [0, 0.1) is 0 Å². The first-order chi connectivity index (χ1) is 14.2. The highest BCUT2D eigenvalue weighted by molar-refractivity contribution is 7.13. The lowest BCUT2D eigenvalue weighted by molar-refractivity contribution is 0.0589. The van der Waals surface area contributed by atoms with Crippen LogP contribution in [0.3, 0.4) is 0 Å². The van der Waals surface area contributed by atoms with Crippen molar-refractivity contribution in [1.82, 2.24) is 14.8 Å². The molecule has 2 aromatic rings. The zero-order chi connectivity index (χ0) is 20.6. The molecule has 1 aromatic heterocycles. The Morgan fingerprint density at radius 1 is 1.24 bits per heavy atom. The van der Waals surface area contributed by atoms with E-state index in [1.54, 1.807) is 20.3 Å². The molecular weight excluding hydrogens is 390 g/mol. The van der Waals surface area contributed by atoms with Gasteiger partial charge in [0.05, 0.1) is 13.7 Å². The van der Waals surface area contributed by atoms with E-state index in [4.69, 9.17) is 14.2 Å². The first kappa shape index (κ1) is 21.3. The monoisotopic (exact) mass is 417 g/mol. The van der Waals surface area contributed by atoms with Gasteiger partial charge in [0, 0.05) is 50.8 Å². The van der Waals surface area contributed by atoms with Crippen molar-refractivity contribution in [3.63, 3.8) is 0 Å². The molecule has 1 fully saturated rings. The normalized spacial score (nSPS) is 14.6. The number of methoxy groups -OCH3 is 2. The number of ether oxygens (including phenoxy) is 3. The Balaban J connectivity index is 1.66. The number of carbonyl (C=O) groups excluding carboxylic acids is 1. The quantitative estimate of drug-likeness (QED) is 0.585.